The van der Waals surface area contributed by atoms with E-state index in [0.29, 0.717) is 5.70 Å². The minimum absolute atomic E-state index is 0.707. The molecule has 1 rings (SSSR count). The van der Waals surface area contributed by atoms with Crippen LogP contribution in [0.4, 0.5) is 0 Å². The van der Waals surface area contributed by atoms with Crippen LogP contribution in [0.25, 0.3) is 0 Å². The van der Waals surface area contributed by atoms with Crippen molar-refractivity contribution in [3.63, 3.8) is 0 Å². The van der Waals surface area contributed by atoms with Gasteiger partial charge in [0.25, 0.3) is 0 Å². The van der Waals surface area contributed by atoms with Crippen molar-refractivity contribution in [1.82, 2.24) is 0 Å². The van der Waals surface area contributed by atoms with Crippen LogP contribution in [0.15, 0.2) is 35.1 Å². The van der Waals surface area contributed by atoms with Gasteiger partial charge in [-0.25, -0.2) is 4.99 Å². The summed E-state index contributed by atoms with van der Waals surface area (Å²) in [6.07, 6.45) is 6.74. The molecule has 1 aliphatic heterocycles. The van der Waals surface area contributed by atoms with E-state index in [-0.39, 0.29) is 0 Å². The third-order valence-corrected chi connectivity index (χ3v) is 0.766. The molecule has 1 aliphatic rings. The first-order valence-corrected chi connectivity index (χ1v) is 2.30. The molecule has 0 unspecified atom stereocenters. The van der Waals surface area contributed by atoms with Crippen LogP contribution in [0.1, 0.15) is 0 Å². The molecule has 2 nitrogen and oxygen atoms in total. The van der Waals surface area contributed by atoms with Gasteiger partial charge in [-0.05, 0) is 18.0 Å². The predicted molar refractivity (Wildman–Crippen MR) is 33.4 cm³/mol. The standard InChI is InChI=1S/C6H6N2/c7-6-2-1-4-8-5-3-6/h1-3,5H,7H2. The molecular formula is C6H6N2. The number of nitrogens with zero attached hydrogens (tertiary/aromatic N) is 1. The van der Waals surface area contributed by atoms with Crippen molar-refractivity contribution in [2.45, 2.75) is 0 Å². The summed E-state index contributed by atoms with van der Waals surface area (Å²) in [5.41, 5.74) is 6.08. The van der Waals surface area contributed by atoms with E-state index in [2.05, 4.69) is 10.9 Å². The first-order valence-electron chi connectivity index (χ1n) is 2.30. The van der Waals surface area contributed by atoms with Crippen LogP contribution < -0.4 is 5.73 Å². The molecule has 0 aromatic heterocycles. The maximum atomic E-state index is 5.38. The van der Waals surface area contributed by atoms with Crippen LogP contribution in [0, 0.1) is 0 Å². The monoisotopic (exact) mass is 106 g/mol. The average molecular weight is 106 g/mol. The molecule has 2 N–H and O–H groups in total. The molecule has 0 saturated carbocycles. The quantitative estimate of drug-likeness (QED) is 0.482. The summed E-state index contributed by atoms with van der Waals surface area (Å²) in [6, 6.07) is 0. The molecule has 0 spiro atoms. The fourth-order valence-electron chi connectivity index (χ4n) is 0.398. The summed E-state index contributed by atoms with van der Waals surface area (Å²) in [7, 11) is 0. The van der Waals surface area contributed by atoms with E-state index in [1.54, 1.807) is 24.4 Å². The van der Waals surface area contributed by atoms with Crippen LogP contribution >= 0.6 is 0 Å². The molecule has 2 heteroatoms. The molecule has 40 valence electrons. The van der Waals surface area contributed by atoms with Crippen molar-refractivity contribution >= 4 is 5.87 Å². The van der Waals surface area contributed by atoms with Gasteiger partial charge in [-0.15, -0.1) is 0 Å². The topological polar surface area (TPSA) is 38.4 Å². The highest BCUT2D eigenvalue weighted by Crippen LogP contribution is 1.89. The second kappa shape index (κ2) is 2.15. The van der Waals surface area contributed by atoms with Crippen LogP contribution in [-0.4, -0.2) is 5.87 Å². The molecule has 8 heavy (non-hydrogen) atoms. The van der Waals surface area contributed by atoms with Gasteiger partial charge in [-0.3, -0.25) is 0 Å². The number of nitrogens with two attached hydrogens (primary N) is 1. The van der Waals surface area contributed by atoms with Crippen molar-refractivity contribution in [3.8, 4) is 0 Å². The smallest absolute Gasteiger partial charge is 0.0388 e. The van der Waals surface area contributed by atoms with Gasteiger partial charge < -0.3 is 5.73 Å². The number of hydrogen-bond donors (Lipinski definition) is 1. The van der Waals surface area contributed by atoms with E-state index < -0.39 is 0 Å². The Morgan fingerprint density at radius 3 is 3.38 bits per heavy atom. The number of hydrogen-bond acceptors (Lipinski definition) is 2. The van der Waals surface area contributed by atoms with Crippen molar-refractivity contribution in [1.29, 1.82) is 0 Å². The van der Waals surface area contributed by atoms with Gasteiger partial charge in [0.2, 0.25) is 0 Å². The van der Waals surface area contributed by atoms with E-state index in [1.165, 1.54) is 0 Å². The van der Waals surface area contributed by atoms with Gasteiger partial charge in [0.05, 0.1) is 0 Å². The van der Waals surface area contributed by atoms with Crippen LogP contribution in [-0.2, 0) is 0 Å². The molecule has 0 aliphatic carbocycles. The Kier molecular flexibility index (Phi) is 1.31. The molecule has 0 amide bonds. The molecule has 0 saturated heterocycles. The summed E-state index contributed by atoms with van der Waals surface area (Å²) < 4.78 is 0. The summed E-state index contributed by atoms with van der Waals surface area (Å²) in [4.78, 5) is 3.70. The Bertz CT molecular complexity index is 193. The van der Waals surface area contributed by atoms with Gasteiger partial charge in [0, 0.05) is 18.0 Å². The lowest BCUT2D eigenvalue weighted by atomic mass is 10.4. The van der Waals surface area contributed by atoms with Gasteiger partial charge in [0.15, 0.2) is 0 Å². The van der Waals surface area contributed by atoms with E-state index in [4.69, 9.17) is 5.73 Å². The lowest BCUT2D eigenvalue weighted by Gasteiger charge is -1.81. The van der Waals surface area contributed by atoms with E-state index in [1.807, 2.05) is 0 Å². The zero-order chi connectivity index (χ0) is 5.82. The third kappa shape index (κ3) is 1.10. The maximum Gasteiger partial charge on any atom is 0.0388 e. The molecule has 0 bridgehead atoms. The first kappa shape index (κ1) is 4.88. The Balaban J connectivity index is 2.90. The number of rotatable bonds is 0. The zero-order valence-corrected chi connectivity index (χ0v) is 4.33. The Morgan fingerprint density at radius 1 is 1.62 bits per heavy atom. The first-order chi connectivity index (χ1) is 3.89. The molecule has 0 radical (unpaired) electrons. The maximum absolute atomic E-state index is 5.38. The van der Waals surface area contributed by atoms with Crippen molar-refractivity contribution in [2.75, 3.05) is 0 Å². The minimum Gasteiger partial charge on any atom is -0.399 e. The second-order valence-electron chi connectivity index (χ2n) is 1.41. The summed E-state index contributed by atoms with van der Waals surface area (Å²) in [5.74, 6) is 2.63. The van der Waals surface area contributed by atoms with Gasteiger partial charge in [-0.2, -0.15) is 0 Å². The third-order valence-electron chi connectivity index (χ3n) is 0.766. The van der Waals surface area contributed by atoms with Crippen LogP contribution in [0.2, 0.25) is 0 Å². The van der Waals surface area contributed by atoms with E-state index in [0.717, 1.165) is 0 Å². The molecule has 0 aromatic carbocycles. The molecule has 0 aromatic rings. The summed E-state index contributed by atoms with van der Waals surface area (Å²) in [5, 5.41) is 0. The minimum atomic E-state index is 0.707. The Labute approximate surface area is 47.7 Å². The van der Waals surface area contributed by atoms with Crippen LogP contribution in [0.5, 0.6) is 0 Å². The normalized spacial score (nSPS) is 15.8. The molecular weight excluding hydrogens is 100 g/mol. The molecule has 0 atom stereocenters. The van der Waals surface area contributed by atoms with E-state index >= 15 is 0 Å². The van der Waals surface area contributed by atoms with Crippen molar-refractivity contribution < 1.29 is 0 Å². The fraction of sp³-hybridized carbons (Fsp3) is 0. The lowest BCUT2D eigenvalue weighted by Crippen LogP contribution is -1.89. The summed E-state index contributed by atoms with van der Waals surface area (Å²) in [6.45, 7) is 0. The SMILES string of the molecule is NC1=CC=C=NC=C1. The molecule has 0 fully saturated rings. The fourth-order valence-corrected chi connectivity index (χ4v) is 0.398. The highest BCUT2D eigenvalue weighted by atomic mass is 14.7. The van der Waals surface area contributed by atoms with E-state index in [9.17, 15) is 0 Å². The van der Waals surface area contributed by atoms with Crippen molar-refractivity contribution in [3.05, 3.63) is 30.1 Å². The van der Waals surface area contributed by atoms with Gasteiger partial charge in [0.1, 0.15) is 0 Å². The highest BCUT2D eigenvalue weighted by molar-refractivity contribution is 5.57. The summed E-state index contributed by atoms with van der Waals surface area (Å²) >= 11 is 0. The molecule has 1 heterocycles. The Hall–Kier alpha value is -1.27. The van der Waals surface area contributed by atoms with Gasteiger partial charge in [-0.1, -0.05) is 0 Å². The highest BCUT2D eigenvalue weighted by Gasteiger charge is 1.77. The Morgan fingerprint density at radius 2 is 2.50 bits per heavy atom. The predicted octanol–water partition coefficient (Wildman–Crippen LogP) is 0.582. The lowest BCUT2D eigenvalue weighted by molar-refractivity contribution is 1.41. The zero-order valence-electron chi connectivity index (χ0n) is 4.33. The number of allylic oxidation sites excluding steroid dienone is 3. The van der Waals surface area contributed by atoms with Crippen molar-refractivity contribution in [2.24, 2.45) is 10.7 Å². The largest absolute Gasteiger partial charge is 0.399 e. The van der Waals surface area contributed by atoms with Gasteiger partial charge >= 0.3 is 0 Å². The second-order valence-corrected chi connectivity index (χ2v) is 1.41. The number of aliphatic imine (C=N–C) groups is 1. The van der Waals surface area contributed by atoms with Crippen LogP contribution in [0.3, 0.4) is 0 Å². The average Bonchev–Trinajstić information content (AvgIpc) is 1.94.